The molecule has 0 aliphatic rings. The summed E-state index contributed by atoms with van der Waals surface area (Å²) in [6.07, 6.45) is 0. The highest BCUT2D eigenvalue weighted by Crippen LogP contribution is 2.26. The highest BCUT2D eigenvalue weighted by atomic mass is 32.1. The molecule has 1 aromatic heterocycles. The van der Waals surface area contributed by atoms with Crippen molar-refractivity contribution < 1.29 is 9.59 Å². The Morgan fingerprint density at radius 2 is 1.89 bits per heavy atom. The first kappa shape index (κ1) is 15.7. The Kier molecular flexibility index (Phi) is 5.50. The Morgan fingerprint density at radius 1 is 1.26 bits per heavy atom. The summed E-state index contributed by atoms with van der Waals surface area (Å²) in [5.74, 6) is -0.337. The molecular formula is C13H21N3O2S. The number of carbonyl (C=O) groups is 2. The minimum absolute atomic E-state index is 0.0652. The molecule has 1 rings (SSSR count). The lowest BCUT2D eigenvalue weighted by Crippen LogP contribution is -2.47. The molecule has 1 aromatic rings. The minimum Gasteiger partial charge on any atom is -0.341 e. The van der Waals surface area contributed by atoms with Gasteiger partial charge < -0.3 is 5.32 Å². The molecule has 0 aliphatic carbocycles. The average molecular weight is 283 g/mol. The third-order valence-electron chi connectivity index (χ3n) is 2.90. The molecule has 2 unspecified atom stereocenters. The number of amides is 3. The van der Waals surface area contributed by atoms with Crippen molar-refractivity contribution in [3.05, 3.63) is 21.4 Å². The molecule has 0 aromatic carbocycles. The van der Waals surface area contributed by atoms with Crippen molar-refractivity contribution in [1.82, 2.24) is 16.0 Å². The van der Waals surface area contributed by atoms with E-state index in [-0.39, 0.29) is 11.9 Å². The van der Waals surface area contributed by atoms with Gasteiger partial charge in [0, 0.05) is 22.8 Å². The molecule has 0 bridgehead atoms. The predicted octanol–water partition coefficient (Wildman–Crippen LogP) is 1.86. The summed E-state index contributed by atoms with van der Waals surface area (Å²) in [5.41, 5.74) is 1.20. The fraction of sp³-hybridized carbons (Fsp3) is 0.538. The van der Waals surface area contributed by atoms with Crippen LogP contribution in [0.2, 0.25) is 0 Å². The maximum Gasteiger partial charge on any atom is 0.321 e. The van der Waals surface area contributed by atoms with Crippen molar-refractivity contribution in [2.75, 3.05) is 7.05 Å². The first-order valence-corrected chi connectivity index (χ1v) is 7.02. The van der Waals surface area contributed by atoms with Gasteiger partial charge in [0.2, 0.25) is 5.91 Å². The van der Waals surface area contributed by atoms with Gasteiger partial charge in [-0.1, -0.05) is 0 Å². The number of imide groups is 1. The van der Waals surface area contributed by atoms with E-state index in [1.54, 1.807) is 18.3 Å². The zero-order valence-electron chi connectivity index (χ0n) is 12.0. The van der Waals surface area contributed by atoms with Gasteiger partial charge >= 0.3 is 6.03 Å². The second kappa shape index (κ2) is 6.68. The van der Waals surface area contributed by atoms with Gasteiger partial charge in [-0.2, -0.15) is 0 Å². The molecule has 6 heteroatoms. The van der Waals surface area contributed by atoms with Crippen LogP contribution in [0.15, 0.2) is 6.07 Å². The van der Waals surface area contributed by atoms with E-state index in [2.05, 4.69) is 35.9 Å². The fourth-order valence-corrected chi connectivity index (χ4v) is 2.93. The van der Waals surface area contributed by atoms with Crippen LogP contribution in [0.5, 0.6) is 0 Å². The molecule has 19 heavy (non-hydrogen) atoms. The lowest BCUT2D eigenvalue weighted by molar-refractivity contribution is -0.121. The Hall–Kier alpha value is -1.40. The number of rotatable bonds is 4. The normalized spacial score (nSPS) is 13.7. The van der Waals surface area contributed by atoms with Crippen LogP contribution in [0.1, 0.15) is 35.2 Å². The zero-order valence-corrected chi connectivity index (χ0v) is 12.8. The van der Waals surface area contributed by atoms with Crippen molar-refractivity contribution in [3.8, 4) is 0 Å². The number of aryl methyl sites for hydroxylation is 2. The van der Waals surface area contributed by atoms with E-state index in [0.29, 0.717) is 0 Å². The molecule has 2 atom stereocenters. The van der Waals surface area contributed by atoms with E-state index in [1.165, 1.54) is 22.4 Å². The topological polar surface area (TPSA) is 70.2 Å². The largest absolute Gasteiger partial charge is 0.341 e. The van der Waals surface area contributed by atoms with Crippen LogP contribution in [0.25, 0.3) is 0 Å². The maximum atomic E-state index is 11.7. The predicted molar refractivity (Wildman–Crippen MR) is 77.4 cm³/mol. The summed E-state index contributed by atoms with van der Waals surface area (Å²) >= 11 is 1.74. The van der Waals surface area contributed by atoms with Crippen LogP contribution < -0.4 is 16.0 Å². The van der Waals surface area contributed by atoms with E-state index in [1.807, 2.05) is 6.92 Å². The Morgan fingerprint density at radius 3 is 2.37 bits per heavy atom. The fourth-order valence-electron chi connectivity index (χ4n) is 1.90. The average Bonchev–Trinajstić information content (AvgIpc) is 2.68. The zero-order chi connectivity index (χ0) is 14.6. The second-order valence-electron chi connectivity index (χ2n) is 4.55. The van der Waals surface area contributed by atoms with Gasteiger partial charge in [-0.05, 0) is 39.3 Å². The van der Waals surface area contributed by atoms with Crippen LogP contribution in [-0.2, 0) is 4.79 Å². The molecule has 0 fully saturated rings. The van der Waals surface area contributed by atoms with Gasteiger partial charge in [0.1, 0.15) is 0 Å². The minimum atomic E-state index is -0.492. The van der Waals surface area contributed by atoms with Gasteiger partial charge in [0.15, 0.2) is 0 Å². The van der Waals surface area contributed by atoms with E-state index in [4.69, 9.17) is 0 Å². The highest BCUT2D eigenvalue weighted by Gasteiger charge is 2.19. The molecule has 0 radical (unpaired) electrons. The SMILES string of the molecule is CNC(=O)NC(=O)C(C)NC(C)c1cc(C)sc1C. The third kappa shape index (κ3) is 4.33. The number of urea groups is 1. The van der Waals surface area contributed by atoms with Gasteiger partial charge in [0.05, 0.1) is 6.04 Å². The Bertz CT molecular complexity index is 470. The smallest absolute Gasteiger partial charge is 0.321 e. The summed E-state index contributed by atoms with van der Waals surface area (Å²) in [5, 5.41) is 7.80. The lowest BCUT2D eigenvalue weighted by Gasteiger charge is -2.19. The van der Waals surface area contributed by atoms with Gasteiger partial charge in [-0.15, -0.1) is 11.3 Å². The second-order valence-corrected chi connectivity index (χ2v) is 6.01. The van der Waals surface area contributed by atoms with Crippen LogP contribution in [0, 0.1) is 13.8 Å². The van der Waals surface area contributed by atoms with Gasteiger partial charge in [-0.25, -0.2) is 4.79 Å². The van der Waals surface area contributed by atoms with E-state index >= 15 is 0 Å². The molecule has 0 spiro atoms. The highest BCUT2D eigenvalue weighted by molar-refractivity contribution is 7.12. The number of nitrogens with one attached hydrogen (secondary N) is 3. The standard InChI is InChI=1S/C13H21N3O2S/c1-7-6-11(10(4)19-7)8(2)15-9(3)12(17)16-13(18)14-5/h6,8-9,15H,1-5H3,(H2,14,16,17,18). The molecule has 106 valence electrons. The summed E-state index contributed by atoms with van der Waals surface area (Å²) in [6.45, 7) is 7.89. The molecular weight excluding hydrogens is 262 g/mol. The summed E-state index contributed by atoms with van der Waals surface area (Å²) < 4.78 is 0. The molecule has 1 heterocycles. The van der Waals surface area contributed by atoms with E-state index < -0.39 is 12.1 Å². The molecule has 5 nitrogen and oxygen atoms in total. The first-order valence-electron chi connectivity index (χ1n) is 6.20. The third-order valence-corrected chi connectivity index (χ3v) is 3.88. The van der Waals surface area contributed by atoms with Gasteiger partial charge in [-0.3, -0.25) is 15.4 Å². The summed E-state index contributed by atoms with van der Waals surface area (Å²) in [7, 11) is 1.47. The number of thiophene rings is 1. The van der Waals surface area contributed by atoms with Crippen LogP contribution in [0.4, 0.5) is 4.79 Å². The number of hydrogen-bond acceptors (Lipinski definition) is 4. The van der Waals surface area contributed by atoms with Crippen LogP contribution >= 0.6 is 11.3 Å². The number of carbonyl (C=O) groups excluding carboxylic acids is 2. The van der Waals surface area contributed by atoms with Crippen molar-refractivity contribution >= 4 is 23.3 Å². The van der Waals surface area contributed by atoms with Crippen LogP contribution in [-0.4, -0.2) is 25.0 Å². The van der Waals surface area contributed by atoms with E-state index in [0.717, 1.165) is 0 Å². The van der Waals surface area contributed by atoms with E-state index in [9.17, 15) is 9.59 Å². The molecule has 3 N–H and O–H groups in total. The summed E-state index contributed by atoms with van der Waals surface area (Å²) in [4.78, 5) is 25.3. The molecule has 0 saturated carbocycles. The maximum absolute atomic E-state index is 11.7. The lowest BCUT2D eigenvalue weighted by atomic mass is 10.1. The number of hydrogen-bond donors (Lipinski definition) is 3. The Labute approximate surface area is 117 Å². The van der Waals surface area contributed by atoms with Crippen molar-refractivity contribution in [2.45, 2.75) is 39.8 Å². The first-order chi connectivity index (χ1) is 8.85. The molecule has 3 amide bonds. The Balaban J connectivity index is 2.61. The molecule has 0 saturated heterocycles. The summed E-state index contributed by atoms with van der Waals surface area (Å²) in [6, 6.07) is 1.26. The molecule has 0 aliphatic heterocycles. The van der Waals surface area contributed by atoms with Crippen molar-refractivity contribution in [2.24, 2.45) is 0 Å². The van der Waals surface area contributed by atoms with Crippen LogP contribution in [0.3, 0.4) is 0 Å². The van der Waals surface area contributed by atoms with Crippen molar-refractivity contribution in [1.29, 1.82) is 0 Å². The van der Waals surface area contributed by atoms with Gasteiger partial charge in [0.25, 0.3) is 0 Å². The quantitative estimate of drug-likeness (QED) is 0.790. The van der Waals surface area contributed by atoms with Crippen molar-refractivity contribution in [3.63, 3.8) is 0 Å². The monoisotopic (exact) mass is 283 g/mol.